The lowest BCUT2D eigenvalue weighted by molar-refractivity contribution is 0.614. The van der Waals surface area contributed by atoms with E-state index < -0.39 is 0 Å². The molecule has 84 valence electrons. The zero-order valence-corrected chi connectivity index (χ0v) is 9.84. The molecule has 0 bridgehead atoms. The molecule has 0 fully saturated rings. The number of benzene rings is 1. The fourth-order valence-corrected chi connectivity index (χ4v) is 1.39. The maximum absolute atomic E-state index is 13.7. The highest BCUT2D eigenvalue weighted by Gasteiger charge is 2.10. The second-order valence-electron chi connectivity index (χ2n) is 3.90. The molecule has 0 aliphatic rings. The molecule has 0 amide bonds. The molecular weight excluding hydrogens is 191 g/mol. The Balaban J connectivity index is 2.92. The predicted molar refractivity (Wildman–Crippen MR) is 64.1 cm³/mol. The lowest BCUT2D eigenvalue weighted by Gasteiger charge is -2.24. The van der Waals surface area contributed by atoms with Crippen LogP contribution in [0.25, 0.3) is 0 Å². The van der Waals surface area contributed by atoms with Crippen molar-refractivity contribution in [3.05, 3.63) is 24.0 Å². The summed E-state index contributed by atoms with van der Waals surface area (Å²) in [6.45, 7) is 6.88. The quantitative estimate of drug-likeness (QED) is 0.821. The van der Waals surface area contributed by atoms with E-state index in [0.29, 0.717) is 11.7 Å². The van der Waals surface area contributed by atoms with E-state index in [4.69, 9.17) is 0 Å². The van der Waals surface area contributed by atoms with Gasteiger partial charge in [-0.2, -0.15) is 0 Å². The van der Waals surface area contributed by atoms with E-state index in [0.717, 1.165) is 12.2 Å². The summed E-state index contributed by atoms with van der Waals surface area (Å²) >= 11 is 0. The topological polar surface area (TPSA) is 15.3 Å². The molecule has 2 nitrogen and oxygen atoms in total. The molecule has 0 radical (unpaired) electrons. The number of anilines is 2. The molecule has 0 atom stereocenters. The van der Waals surface area contributed by atoms with Crippen molar-refractivity contribution >= 4 is 11.4 Å². The first kappa shape index (κ1) is 11.8. The maximum atomic E-state index is 13.7. The van der Waals surface area contributed by atoms with E-state index in [-0.39, 0.29) is 5.82 Å². The van der Waals surface area contributed by atoms with Gasteiger partial charge in [-0.05, 0) is 39.0 Å². The number of hydrogen-bond acceptors (Lipinski definition) is 2. The van der Waals surface area contributed by atoms with E-state index in [1.165, 1.54) is 6.07 Å². The summed E-state index contributed by atoms with van der Waals surface area (Å²) in [6, 6.07) is 5.55. The summed E-state index contributed by atoms with van der Waals surface area (Å²) in [4.78, 5) is 1.92. The van der Waals surface area contributed by atoms with Gasteiger partial charge in [0, 0.05) is 25.3 Å². The average molecular weight is 210 g/mol. The molecule has 3 heteroatoms. The highest BCUT2D eigenvalue weighted by Crippen LogP contribution is 2.23. The highest BCUT2D eigenvalue weighted by atomic mass is 19.1. The van der Waals surface area contributed by atoms with Gasteiger partial charge in [0.15, 0.2) is 0 Å². The molecule has 0 aliphatic heterocycles. The number of halogens is 1. The van der Waals surface area contributed by atoms with Crippen LogP contribution in [0.5, 0.6) is 0 Å². The van der Waals surface area contributed by atoms with Crippen LogP contribution in [0.3, 0.4) is 0 Å². The van der Waals surface area contributed by atoms with Crippen molar-refractivity contribution in [3.8, 4) is 0 Å². The van der Waals surface area contributed by atoms with Crippen LogP contribution in [0, 0.1) is 5.82 Å². The van der Waals surface area contributed by atoms with Gasteiger partial charge in [-0.3, -0.25) is 0 Å². The molecule has 0 heterocycles. The Morgan fingerprint density at radius 1 is 1.40 bits per heavy atom. The minimum absolute atomic E-state index is 0.176. The molecule has 0 unspecified atom stereocenters. The second kappa shape index (κ2) is 5.01. The third-order valence-electron chi connectivity index (χ3n) is 2.48. The van der Waals surface area contributed by atoms with Gasteiger partial charge < -0.3 is 10.2 Å². The van der Waals surface area contributed by atoms with E-state index >= 15 is 0 Å². The van der Waals surface area contributed by atoms with E-state index in [9.17, 15) is 4.39 Å². The molecule has 0 aromatic heterocycles. The van der Waals surface area contributed by atoms with Crippen LogP contribution in [-0.4, -0.2) is 19.6 Å². The standard InChI is InChI=1S/C12H19FN2/c1-5-14-10-6-7-12(11(13)8-10)15(4)9(2)3/h6-9,14H,5H2,1-4H3. The Morgan fingerprint density at radius 3 is 2.53 bits per heavy atom. The van der Waals surface area contributed by atoms with Crippen molar-refractivity contribution in [1.29, 1.82) is 0 Å². The minimum Gasteiger partial charge on any atom is -0.385 e. The molecule has 0 aliphatic carbocycles. The van der Waals surface area contributed by atoms with Crippen LogP contribution < -0.4 is 10.2 Å². The molecule has 1 aromatic rings. The summed E-state index contributed by atoms with van der Waals surface area (Å²) in [5.41, 5.74) is 1.47. The van der Waals surface area contributed by atoms with Crippen molar-refractivity contribution in [2.45, 2.75) is 26.8 Å². The van der Waals surface area contributed by atoms with Crippen LogP contribution in [0.15, 0.2) is 18.2 Å². The van der Waals surface area contributed by atoms with Crippen molar-refractivity contribution in [1.82, 2.24) is 0 Å². The zero-order valence-electron chi connectivity index (χ0n) is 9.84. The van der Waals surface area contributed by atoms with Crippen molar-refractivity contribution in [3.63, 3.8) is 0 Å². The van der Waals surface area contributed by atoms with Gasteiger partial charge in [0.1, 0.15) is 5.82 Å². The van der Waals surface area contributed by atoms with Crippen LogP contribution in [-0.2, 0) is 0 Å². The fraction of sp³-hybridized carbons (Fsp3) is 0.500. The van der Waals surface area contributed by atoms with Gasteiger partial charge in [0.25, 0.3) is 0 Å². The fourth-order valence-electron chi connectivity index (χ4n) is 1.39. The van der Waals surface area contributed by atoms with Gasteiger partial charge in [0.2, 0.25) is 0 Å². The van der Waals surface area contributed by atoms with E-state index in [1.807, 2.05) is 44.9 Å². The first-order valence-electron chi connectivity index (χ1n) is 5.32. The minimum atomic E-state index is -0.176. The van der Waals surface area contributed by atoms with Crippen molar-refractivity contribution in [2.75, 3.05) is 23.8 Å². The summed E-state index contributed by atoms with van der Waals surface area (Å²) in [7, 11) is 1.90. The lowest BCUT2D eigenvalue weighted by atomic mass is 10.2. The lowest BCUT2D eigenvalue weighted by Crippen LogP contribution is -2.26. The summed E-state index contributed by atoms with van der Waals surface area (Å²) in [6.07, 6.45) is 0. The molecule has 0 saturated heterocycles. The largest absolute Gasteiger partial charge is 0.385 e. The van der Waals surface area contributed by atoms with Crippen LogP contribution >= 0.6 is 0 Å². The van der Waals surface area contributed by atoms with Gasteiger partial charge in [-0.25, -0.2) is 4.39 Å². The monoisotopic (exact) mass is 210 g/mol. The predicted octanol–water partition coefficient (Wildman–Crippen LogP) is 3.10. The van der Waals surface area contributed by atoms with Gasteiger partial charge in [-0.1, -0.05) is 0 Å². The van der Waals surface area contributed by atoms with Crippen LogP contribution in [0.2, 0.25) is 0 Å². The molecule has 1 aromatic carbocycles. The molecule has 0 saturated carbocycles. The zero-order chi connectivity index (χ0) is 11.4. The number of nitrogens with one attached hydrogen (secondary N) is 1. The molecular formula is C12H19FN2. The van der Waals surface area contributed by atoms with Crippen LogP contribution in [0.1, 0.15) is 20.8 Å². The second-order valence-corrected chi connectivity index (χ2v) is 3.90. The molecule has 0 spiro atoms. The van der Waals surface area contributed by atoms with Crippen LogP contribution in [0.4, 0.5) is 15.8 Å². The smallest absolute Gasteiger partial charge is 0.148 e. The Hall–Kier alpha value is -1.25. The van der Waals surface area contributed by atoms with E-state index in [1.54, 1.807) is 0 Å². The van der Waals surface area contributed by atoms with Gasteiger partial charge >= 0.3 is 0 Å². The molecule has 15 heavy (non-hydrogen) atoms. The van der Waals surface area contributed by atoms with Crippen molar-refractivity contribution < 1.29 is 4.39 Å². The first-order chi connectivity index (χ1) is 7.06. The van der Waals surface area contributed by atoms with Crippen molar-refractivity contribution in [2.24, 2.45) is 0 Å². The SMILES string of the molecule is CCNc1ccc(N(C)C(C)C)c(F)c1. The third-order valence-corrected chi connectivity index (χ3v) is 2.48. The van der Waals surface area contributed by atoms with Gasteiger partial charge in [0.05, 0.1) is 5.69 Å². The first-order valence-corrected chi connectivity index (χ1v) is 5.32. The maximum Gasteiger partial charge on any atom is 0.148 e. The average Bonchev–Trinajstić information content (AvgIpc) is 2.17. The summed E-state index contributed by atoms with van der Waals surface area (Å²) < 4.78 is 13.7. The van der Waals surface area contributed by atoms with E-state index in [2.05, 4.69) is 5.32 Å². The summed E-state index contributed by atoms with van der Waals surface area (Å²) in [5, 5.41) is 3.09. The Labute approximate surface area is 91.1 Å². The number of hydrogen-bond donors (Lipinski definition) is 1. The summed E-state index contributed by atoms with van der Waals surface area (Å²) in [5.74, 6) is -0.176. The third kappa shape index (κ3) is 2.85. The number of rotatable bonds is 4. The molecule has 1 N–H and O–H groups in total. The number of nitrogens with zero attached hydrogens (tertiary/aromatic N) is 1. The Bertz CT molecular complexity index is 323. The molecule has 1 rings (SSSR count). The Morgan fingerprint density at radius 2 is 2.07 bits per heavy atom. The van der Waals surface area contributed by atoms with Gasteiger partial charge in [-0.15, -0.1) is 0 Å². The Kier molecular flexibility index (Phi) is 3.95. The normalized spacial score (nSPS) is 10.5. The highest BCUT2D eigenvalue weighted by molar-refractivity contribution is 5.56.